The Kier molecular flexibility index (Phi) is 3.03. The second-order valence-electron chi connectivity index (χ2n) is 5.19. The third kappa shape index (κ3) is 2.08. The molecule has 0 amide bonds. The molecule has 0 radical (unpaired) electrons. The Bertz CT molecular complexity index is 773. The van der Waals surface area contributed by atoms with E-state index in [0.29, 0.717) is 0 Å². The van der Waals surface area contributed by atoms with E-state index in [1.54, 1.807) is 0 Å². The number of fused-ring (bicyclic) bond motifs is 1. The summed E-state index contributed by atoms with van der Waals surface area (Å²) in [7, 11) is 1.93. The quantitative estimate of drug-likeness (QED) is 0.775. The fourth-order valence-corrected chi connectivity index (χ4v) is 2.44. The van der Waals surface area contributed by atoms with Gasteiger partial charge in [-0.3, -0.25) is 9.67 Å². The van der Waals surface area contributed by atoms with Gasteiger partial charge in [-0.1, -0.05) is 12.1 Å². The highest BCUT2D eigenvalue weighted by atomic mass is 15.3. The van der Waals surface area contributed by atoms with Gasteiger partial charge in [0.25, 0.3) is 0 Å². The number of rotatable bonds is 2. The number of aromatic nitrogens is 3. The Labute approximate surface area is 118 Å². The lowest BCUT2D eigenvalue weighted by molar-refractivity contribution is 0.734. The van der Waals surface area contributed by atoms with Gasteiger partial charge in [0.05, 0.1) is 17.8 Å². The monoisotopic (exact) mass is 266 g/mol. The molecule has 2 aromatic heterocycles. The van der Waals surface area contributed by atoms with Crippen molar-refractivity contribution in [1.29, 1.82) is 0 Å². The van der Waals surface area contributed by atoms with Crippen LogP contribution in [-0.2, 0) is 7.05 Å². The minimum absolute atomic E-state index is 0.158. The lowest BCUT2D eigenvalue weighted by Gasteiger charge is -2.13. The average Bonchev–Trinajstić information content (AvgIpc) is 2.77. The minimum atomic E-state index is -0.158. The highest BCUT2D eigenvalue weighted by Crippen LogP contribution is 2.25. The van der Waals surface area contributed by atoms with Crippen LogP contribution in [0.15, 0.2) is 36.5 Å². The highest BCUT2D eigenvalue weighted by molar-refractivity contribution is 5.79. The molecule has 0 fully saturated rings. The molecular formula is C16H18N4. The van der Waals surface area contributed by atoms with E-state index in [9.17, 15) is 0 Å². The van der Waals surface area contributed by atoms with Crippen molar-refractivity contribution < 1.29 is 0 Å². The second-order valence-corrected chi connectivity index (χ2v) is 5.19. The molecule has 0 saturated heterocycles. The number of nitrogens with zero attached hydrogens (tertiary/aromatic N) is 3. The molecule has 3 rings (SSSR count). The van der Waals surface area contributed by atoms with Crippen molar-refractivity contribution >= 4 is 10.9 Å². The first kappa shape index (κ1) is 12.8. The number of pyridine rings is 1. The van der Waals surface area contributed by atoms with Gasteiger partial charge in [0.1, 0.15) is 0 Å². The lowest BCUT2D eigenvalue weighted by atomic mass is 9.98. The van der Waals surface area contributed by atoms with Crippen LogP contribution in [0, 0.1) is 13.8 Å². The SMILES string of the molecule is Cc1ccc2cc(C(N)c3cnn(C)c3C)ccc2n1. The number of hydrogen-bond acceptors (Lipinski definition) is 3. The summed E-state index contributed by atoms with van der Waals surface area (Å²) in [5, 5.41) is 5.38. The zero-order valence-electron chi connectivity index (χ0n) is 12.0. The molecule has 0 aliphatic carbocycles. The zero-order chi connectivity index (χ0) is 14.3. The molecule has 2 N–H and O–H groups in total. The summed E-state index contributed by atoms with van der Waals surface area (Å²) in [5.41, 5.74) is 11.6. The summed E-state index contributed by atoms with van der Waals surface area (Å²) in [5.74, 6) is 0. The molecule has 102 valence electrons. The summed E-state index contributed by atoms with van der Waals surface area (Å²) in [6, 6.07) is 10.1. The number of aryl methyl sites for hydroxylation is 2. The number of nitrogens with two attached hydrogens (primary N) is 1. The minimum Gasteiger partial charge on any atom is -0.320 e. The van der Waals surface area contributed by atoms with Crippen LogP contribution in [-0.4, -0.2) is 14.8 Å². The van der Waals surface area contributed by atoms with Crippen LogP contribution in [0.5, 0.6) is 0 Å². The van der Waals surface area contributed by atoms with Crippen LogP contribution in [0.2, 0.25) is 0 Å². The second kappa shape index (κ2) is 4.72. The first-order chi connectivity index (χ1) is 9.56. The molecule has 4 nitrogen and oxygen atoms in total. The fraction of sp³-hybridized carbons (Fsp3) is 0.250. The maximum atomic E-state index is 6.38. The largest absolute Gasteiger partial charge is 0.320 e. The molecule has 1 atom stereocenters. The molecule has 0 aliphatic rings. The topological polar surface area (TPSA) is 56.7 Å². The molecule has 20 heavy (non-hydrogen) atoms. The molecule has 3 aromatic rings. The van der Waals surface area contributed by atoms with Gasteiger partial charge in [0.2, 0.25) is 0 Å². The van der Waals surface area contributed by atoms with Crippen LogP contribution in [0.3, 0.4) is 0 Å². The predicted octanol–water partition coefficient (Wildman–Crippen LogP) is 2.63. The maximum absolute atomic E-state index is 6.38. The molecule has 1 aromatic carbocycles. The van der Waals surface area contributed by atoms with Gasteiger partial charge in [0.15, 0.2) is 0 Å². The van der Waals surface area contributed by atoms with E-state index in [1.807, 2.05) is 50.0 Å². The van der Waals surface area contributed by atoms with Crippen LogP contribution in [0.4, 0.5) is 0 Å². The van der Waals surface area contributed by atoms with E-state index >= 15 is 0 Å². The van der Waals surface area contributed by atoms with Crippen molar-refractivity contribution in [3.8, 4) is 0 Å². The Hall–Kier alpha value is -2.20. The van der Waals surface area contributed by atoms with Crippen LogP contribution in [0.1, 0.15) is 28.6 Å². The van der Waals surface area contributed by atoms with E-state index < -0.39 is 0 Å². The van der Waals surface area contributed by atoms with Gasteiger partial charge in [0, 0.05) is 29.4 Å². The van der Waals surface area contributed by atoms with Crippen molar-refractivity contribution in [2.45, 2.75) is 19.9 Å². The third-order valence-electron chi connectivity index (χ3n) is 3.82. The van der Waals surface area contributed by atoms with Crippen molar-refractivity contribution in [2.75, 3.05) is 0 Å². The van der Waals surface area contributed by atoms with Crippen molar-refractivity contribution in [1.82, 2.24) is 14.8 Å². The van der Waals surface area contributed by atoms with E-state index in [2.05, 4.69) is 22.2 Å². The smallest absolute Gasteiger partial charge is 0.0705 e. The van der Waals surface area contributed by atoms with E-state index in [-0.39, 0.29) is 6.04 Å². The number of benzene rings is 1. The normalized spacial score (nSPS) is 12.8. The summed E-state index contributed by atoms with van der Waals surface area (Å²) in [4.78, 5) is 4.51. The molecule has 0 aliphatic heterocycles. The number of hydrogen-bond donors (Lipinski definition) is 1. The van der Waals surface area contributed by atoms with Gasteiger partial charge >= 0.3 is 0 Å². The Morgan fingerprint density at radius 2 is 1.95 bits per heavy atom. The molecule has 0 spiro atoms. The molecule has 2 heterocycles. The summed E-state index contributed by atoms with van der Waals surface area (Å²) in [6.45, 7) is 4.03. The van der Waals surface area contributed by atoms with Crippen LogP contribution >= 0.6 is 0 Å². The van der Waals surface area contributed by atoms with Gasteiger partial charge in [-0.05, 0) is 37.6 Å². The van der Waals surface area contributed by atoms with Gasteiger partial charge in [-0.2, -0.15) is 5.10 Å². The van der Waals surface area contributed by atoms with Gasteiger partial charge < -0.3 is 5.73 Å². The molecule has 1 unspecified atom stereocenters. The predicted molar refractivity (Wildman–Crippen MR) is 80.5 cm³/mol. The summed E-state index contributed by atoms with van der Waals surface area (Å²) >= 11 is 0. The summed E-state index contributed by atoms with van der Waals surface area (Å²) in [6.07, 6.45) is 1.84. The molecule has 0 saturated carbocycles. The van der Waals surface area contributed by atoms with Crippen molar-refractivity contribution in [3.05, 3.63) is 59.0 Å². The van der Waals surface area contributed by atoms with Crippen molar-refractivity contribution in [3.63, 3.8) is 0 Å². The third-order valence-corrected chi connectivity index (χ3v) is 3.82. The maximum Gasteiger partial charge on any atom is 0.0705 e. The molecule has 0 bridgehead atoms. The fourth-order valence-electron chi connectivity index (χ4n) is 2.44. The Balaban J connectivity index is 2.05. The lowest BCUT2D eigenvalue weighted by Crippen LogP contribution is -2.12. The van der Waals surface area contributed by atoms with E-state index in [1.165, 1.54) is 0 Å². The van der Waals surface area contributed by atoms with Crippen molar-refractivity contribution in [2.24, 2.45) is 12.8 Å². The first-order valence-electron chi connectivity index (χ1n) is 6.67. The van der Waals surface area contributed by atoms with E-state index in [0.717, 1.165) is 33.4 Å². The first-order valence-corrected chi connectivity index (χ1v) is 6.67. The van der Waals surface area contributed by atoms with Crippen LogP contribution < -0.4 is 5.73 Å². The molecular weight excluding hydrogens is 248 g/mol. The molecule has 4 heteroatoms. The summed E-state index contributed by atoms with van der Waals surface area (Å²) < 4.78 is 1.85. The Morgan fingerprint density at radius 1 is 1.15 bits per heavy atom. The average molecular weight is 266 g/mol. The standard InChI is InChI=1S/C16H18N4/c1-10-4-5-12-8-13(6-7-15(12)19-10)16(17)14-9-18-20(3)11(14)2/h4-9,16H,17H2,1-3H3. The van der Waals surface area contributed by atoms with Crippen LogP contribution in [0.25, 0.3) is 10.9 Å². The Morgan fingerprint density at radius 3 is 2.65 bits per heavy atom. The highest BCUT2D eigenvalue weighted by Gasteiger charge is 2.15. The van der Waals surface area contributed by atoms with E-state index in [4.69, 9.17) is 5.73 Å². The van der Waals surface area contributed by atoms with Gasteiger partial charge in [-0.25, -0.2) is 0 Å². The van der Waals surface area contributed by atoms with Gasteiger partial charge in [-0.15, -0.1) is 0 Å². The zero-order valence-corrected chi connectivity index (χ0v) is 12.0.